The first-order valence-corrected chi connectivity index (χ1v) is 3.97. The van der Waals surface area contributed by atoms with Crippen molar-refractivity contribution in [2.24, 2.45) is 0 Å². The SMILES string of the molecule is [Li][CH](CC)OC(C)OCC. The van der Waals surface area contributed by atoms with Crippen LogP contribution in [0, 0.1) is 0 Å². The number of rotatable bonds is 5. The molecule has 0 bridgehead atoms. The maximum atomic E-state index is 5.42. The van der Waals surface area contributed by atoms with Crippen molar-refractivity contribution in [3.8, 4) is 0 Å². The van der Waals surface area contributed by atoms with Crippen molar-refractivity contribution in [3.63, 3.8) is 0 Å². The molecule has 0 heterocycles. The van der Waals surface area contributed by atoms with Gasteiger partial charge in [0.25, 0.3) is 0 Å². The van der Waals surface area contributed by atoms with Crippen molar-refractivity contribution in [2.45, 2.75) is 38.3 Å². The molecular formula is C7H15LiO2. The molecule has 0 N–H and O–H groups in total. The van der Waals surface area contributed by atoms with E-state index in [1.165, 1.54) is 0 Å². The molecule has 0 amide bonds. The summed E-state index contributed by atoms with van der Waals surface area (Å²) in [4.78, 5) is 0. The molecule has 3 heteroatoms. The second kappa shape index (κ2) is 6.24. The average Bonchev–Trinajstić information content (AvgIpc) is 1.88. The van der Waals surface area contributed by atoms with Crippen molar-refractivity contribution in [1.29, 1.82) is 0 Å². The summed E-state index contributed by atoms with van der Waals surface area (Å²) in [6.45, 7) is 6.72. The van der Waals surface area contributed by atoms with Gasteiger partial charge in [-0.05, 0) is 0 Å². The van der Waals surface area contributed by atoms with Crippen LogP contribution in [0.1, 0.15) is 27.2 Å². The van der Waals surface area contributed by atoms with Gasteiger partial charge in [0.2, 0.25) is 0 Å². The van der Waals surface area contributed by atoms with Crippen molar-refractivity contribution < 1.29 is 9.47 Å². The van der Waals surface area contributed by atoms with E-state index in [0.29, 0.717) is 4.78 Å². The molecule has 2 nitrogen and oxygen atoms in total. The van der Waals surface area contributed by atoms with Crippen LogP contribution in [0.25, 0.3) is 0 Å². The molecule has 0 aliphatic carbocycles. The van der Waals surface area contributed by atoms with E-state index in [1.54, 1.807) is 0 Å². The second-order valence-electron chi connectivity index (χ2n) is 2.38. The molecule has 0 rings (SSSR count). The molecule has 2 unspecified atom stereocenters. The van der Waals surface area contributed by atoms with E-state index in [-0.39, 0.29) is 6.29 Å². The predicted molar refractivity (Wildman–Crippen MR) is 42.0 cm³/mol. The summed E-state index contributed by atoms with van der Waals surface area (Å²) in [6.07, 6.45) is 0.983. The summed E-state index contributed by atoms with van der Waals surface area (Å²) in [5, 5.41) is 0. The molecule has 2 atom stereocenters. The summed E-state index contributed by atoms with van der Waals surface area (Å²) >= 11 is 2.05. The monoisotopic (exact) mass is 138 g/mol. The Balaban J connectivity index is 3.27. The molecule has 56 valence electrons. The normalized spacial score (nSPS) is 16.9. The third-order valence-corrected chi connectivity index (χ3v) is 1.40. The number of hydrogen-bond donors (Lipinski definition) is 0. The van der Waals surface area contributed by atoms with Crippen LogP contribution >= 0.6 is 0 Å². The molecule has 0 aromatic carbocycles. The molecule has 0 saturated heterocycles. The van der Waals surface area contributed by atoms with Gasteiger partial charge in [0, 0.05) is 0 Å². The molecule has 10 heavy (non-hydrogen) atoms. The Morgan fingerprint density at radius 2 is 2.00 bits per heavy atom. The van der Waals surface area contributed by atoms with Gasteiger partial charge >= 0.3 is 72.1 Å². The quantitative estimate of drug-likeness (QED) is 0.421. The molecule has 0 radical (unpaired) electrons. The Hall–Kier alpha value is 0.517. The fourth-order valence-electron chi connectivity index (χ4n) is 0.697. The molecule has 0 saturated carbocycles. The van der Waals surface area contributed by atoms with Crippen LogP contribution < -0.4 is 0 Å². The number of ether oxygens (including phenoxy) is 2. The minimum atomic E-state index is -0.0556. The van der Waals surface area contributed by atoms with Gasteiger partial charge in [-0.2, -0.15) is 0 Å². The van der Waals surface area contributed by atoms with Crippen LogP contribution in [0.4, 0.5) is 0 Å². The van der Waals surface area contributed by atoms with Gasteiger partial charge in [-0.25, -0.2) is 0 Å². The molecule has 0 aliphatic rings. The third-order valence-electron chi connectivity index (χ3n) is 1.40. The standard InChI is InChI=1S/C7H15O2.Li/c1-4-6-9-7(3)8-5-2;/h6-7H,4-5H2,1-3H3;. The van der Waals surface area contributed by atoms with Gasteiger partial charge in [-0.1, -0.05) is 0 Å². The molecule has 0 aromatic heterocycles. The van der Waals surface area contributed by atoms with Crippen LogP contribution in [0.5, 0.6) is 0 Å². The summed E-state index contributed by atoms with van der Waals surface area (Å²) in [6, 6.07) is 0. The van der Waals surface area contributed by atoms with E-state index in [2.05, 4.69) is 24.6 Å². The first-order chi connectivity index (χ1) is 4.70. The molecule has 0 aromatic rings. The van der Waals surface area contributed by atoms with Crippen LogP contribution in [-0.4, -0.2) is 35.4 Å². The van der Waals surface area contributed by atoms with E-state index < -0.39 is 0 Å². The van der Waals surface area contributed by atoms with Crippen LogP contribution in [0.15, 0.2) is 0 Å². The van der Waals surface area contributed by atoms with E-state index in [0.717, 1.165) is 13.0 Å². The van der Waals surface area contributed by atoms with Gasteiger partial charge in [-0.15, -0.1) is 0 Å². The van der Waals surface area contributed by atoms with Crippen molar-refractivity contribution >= 4 is 17.7 Å². The van der Waals surface area contributed by atoms with E-state index in [1.807, 2.05) is 13.8 Å². The Morgan fingerprint density at radius 3 is 2.40 bits per heavy atom. The zero-order valence-electron chi connectivity index (χ0n) is 7.39. The summed E-state index contributed by atoms with van der Waals surface area (Å²) < 4.78 is 10.9. The van der Waals surface area contributed by atoms with Crippen LogP contribution in [-0.2, 0) is 9.47 Å². The molecule has 0 spiro atoms. The Kier molecular flexibility index (Phi) is 6.56. The molecular weight excluding hydrogens is 123 g/mol. The fraction of sp³-hybridized carbons (Fsp3) is 1.00. The third kappa shape index (κ3) is 5.31. The zero-order valence-corrected chi connectivity index (χ0v) is 7.39. The Labute approximate surface area is 72.5 Å². The fourth-order valence-corrected chi connectivity index (χ4v) is 0.697. The van der Waals surface area contributed by atoms with Gasteiger partial charge in [0.1, 0.15) is 0 Å². The van der Waals surface area contributed by atoms with Crippen LogP contribution in [0.3, 0.4) is 0 Å². The topological polar surface area (TPSA) is 18.5 Å². The minimum absolute atomic E-state index is 0.0556. The van der Waals surface area contributed by atoms with Crippen molar-refractivity contribution in [1.82, 2.24) is 0 Å². The van der Waals surface area contributed by atoms with Gasteiger partial charge in [-0.3, -0.25) is 0 Å². The van der Waals surface area contributed by atoms with Gasteiger partial charge in [0.05, 0.1) is 0 Å². The van der Waals surface area contributed by atoms with Crippen LogP contribution in [0.2, 0.25) is 0 Å². The summed E-state index contributed by atoms with van der Waals surface area (Å²) in [7, 11) is 0. The van der Waals surface area contributed by atoms with Crippen molar-refractivity contribution in [3.05, 3.63) is 0 Å². The predicted octanol–water partition coefficient (Wildman–Crippen LogP) is 1.29. The Morgan fingerprint density at radius 1 is 1.40 bits per heavy atom. The molecule has 0 aliphatic heterocycles. The van der Waals surface area contributed by atoms with Crippen molar-refractivity contribution in [2.75, 3.05) is 6.61 Å². The molecule has 0 fully saturated rings. The average molecular weight is 138 g/mol. The first kappa shape index (κ1) is 10.5. The number of hydrogen-bond acceptors (Lipinski definition) is 2. The summed E-state index contributed by atoms with van der Waals surface area (Å²) in [5.41, 5.74) is 0. The van der Waals surface area contributed by atoms with E-state index >= 15 is 0 Å². The second-order valence-corrected chi connectivity index (χ2v) is 2.38. The van der Waals surface area contributed by atoms with E-state index in [9.17, 15) is 0 Å². The zero-order chi connectivity index (χ0) is 7.98. The van der Waals surface area contributed by atoms with Gasteiger partial charge in [0.15, 0.2) is 0 Å². The Bertz CT molecular complexity index is 78.0. The van der Waals surface area contributed by atoms with Gasteiger partial charge < -0.3 is 0 Å². The van der Waals surface area contributed by atoms with E-state index in [4.69, 9.17) is 9.47 Å². The maximum absolute atomic E-state index is 5.42. The first-order valence-electron chi connectivity index (χ1n) is 3.97. The summed E-state index contributed by atoms with van der Waals surface area (Å²) in [5.74, 6) is 0.